The maximum absolute atomic E-state index is 12.9. The normalized spacial score (nSPS) is 23.1. The highest BCUT2D eigenvalue weighted by Gasteiger charge is 2.47. The topological polar surface area (TPSA) is 102 Å². The molecule has 0 fully saturated rings. The predicted molar refractivity (Wildman–Crippen MR) is 129 cm³/mol. The van der Waals surface area contributed by atoms with E-state index in [0.29, 0.717) is 57.6 Å². The minimum atomic E-state index is -1.46. The van der Waals surface area contributed by atoms with E-state index in [1.54, 1.807) is 33.9 Å². The highest BCUT2D eigenvalue weighted by molar-refractivity contribution is 5.90. The van der Waals surface area contributed by atoms with Crippen LogP contribution in [0.5, 0.6) is 34.5 Å². The first-order valence-electron chi connectivity index (χ1n) is 11.8. The van der Waals surface area contributed by atoms with E-state index in [9.17, 15) is 9.90 Å². The Kier molecular flexibility index (Phi) is 5.90. The first-order valence-corrected chi connectivity index (χ1v) is 11.8. The molecule has 2 heterocycles. The molecule has 0 radical (unpaired) electrons. The average molecular weight is 499 g/mol. The zero-order valence-electron chi connectivity index (χ0n) is 21.2. The summed E-state index contributed by atoms with van der Waals surface area (Å²) in [6.07, 6.45) is 0.774. The summed E-state index contributed by atoms with van der Waals surface area (Å²) in [7, 11) is 3.09. The van der Waals surface area contributed by atoms with Gasteiger partial charge >= 0.3 is 5.97 Å². The van der Waals surface area contributed by atoms with E-state index in [0.717, 1.165) is 11.1 Å². The van der Waals surface area contributed by atoms with Crippen molar-refractivity contribution in [3.63, 3.8) is 0 Å². The molecule has 2 aromatic rings. The van der Waals surface area contributed by atoms with Crippen molar-refractivity contribution in [3.8, 4) is 45.6 Å². The number of methoxy groups -OCH3 is 2. The number of allylic oxidation sites excluding steroid dienone is 1. The fraction of sp³-hybridized carbons (Fsp3) is 0.444. The first-order chi connectivity index (χ1) is 17.2. The second kappa shape index (κ2) is 8.81. The van der Waals surface area contributed by atoms with Gasteiger partial charge in [-0.2, -0.15) is 0 Å². The van der Waals surface area contributed by atoms with E-state index < -0.39 is 17.7 Å². The number of esters is 1. The van der Waals surface area contributed by atoms with Gasteiger partial charge in [-0.15, -0.1) is 0 Å². The summed E-state index contributed by atoms with van der Waals surface area (Å²) in [6, 6.07) is 3.64. The minimum absolute atomic E-state index is 0.00867. The Morgan fingerprint density at radius 2 is 1.58 bits per heavy atom. The standard InChI is InChI=1S/C27H30O9/c1-13(2)7-19(28)36-26-16-10-18-23(35-12-33-18)25(31-6)21(16)20-15(8-14(3)27(26,4)29)9-17-22(24(20)30-5)34-11-32-17/h7,9-10,14,26,29H,8,11-12H2,1-6H3. The predicted octanol–water partition coefficient (Wildman–Crippen LogP) is 4.32. The molecule has 5 rings (SSSR count). The number of ether oxygens (including phenoxy) is 7. The number of rotatable bonds is 4. The Balaban J connectivity index is 1.87. The van der Waals surface area contributed by atoms with Gasteiger partial charge in [-0.1, -0.05) is 12.5 Å². The average Bonchev–Trinajstić information content (AvgIpc) is 3.48. The number of benzene rings is 2. The molecule has 192 valence electrons. The number of carbonyl (C=O) groups is 1. The van der Waals surface area contributed by atoms with E-state index >= 15 is 0 Å². The van der Waals surface area contributed by atoms with Crippen LogP contribution in [0.3, 0.4) is 0 Å². The highest BCUT2D eigenvalue weighted by Crippen LogP contribution is 2.59. The first kappa shape index (κ1) is 24.1. The molecule has 2 aliphatic heterocycles. The molecule has 3 aliphatic rings. The third-order valence-corrected chi connectivity index (χ3v) is 6.99. The molecule has 9 heteroatoms. The monoisotopic (exact) mass is 498 g/mol. The minimum Gasteiger partial charge on any atom is -0.492 e. The lowest BCUT2D eigenvalue weighted by Crippen LogP contribution is -2.43. The summed E-state index contributed by atoms with van der Waals surface area (Å²) < 4.78 is 40.6. The number of fused-ring (bicyclic) bond motifs is 5. The summed E-state index contributed by atoms with van der Waals surface area (Å²) >= 11 is 0. The molecule has 0 spiro atoms. The van der Waals surface area contributed by atoms with Crippen molar-refractivity contribution in [1.82, 2.24) is 0 Å². The van der Waals surface area contributed by atoms with Crippen LogP contribution in [-0.4, -0.2) is 44.5 Å². The fourth-order valence-corrected chi connectivity index (χ4v) is 5.06. The van der Waals surface area contributed by atoms with Crippen LogP contribution in [-0.2, 0) is 16.0 Å². The van der Waals surface area contributed by atoms with Crippen molar-refractivity contribution in [2.75, 3.05) is 27.8 Å². The van der Waals surface area contributed by atoms with Crippen molar-refractivity contribution in [2.24, 2.45) is 5.92 Å². The Morgan fingerprint density at radius 1 is 1.00 bits per heavy atom. The van der Waals surface area contributed by atoms with E-state index in [1.807, 2.05) is 13.0 Å². The molecular formula is C27H30O9. The zero-order valence-corrected chi connectivity index (χ0v) is 21.2. The van der Waals surface area contributed by atoms with Gasteiger partial charge in [-0.25, -0.2) is 4.79 Å². The van der Waals surface area contributed by atoms with Crippen LogP contribution in [0.2, 0.25) is 0 Å². The molecular weight excluding hydrogens is 468 g/mol. The van der Waals surface area contributed by atoms with Gasteiger partial charge in [-0.3, -0.25) is 0 Å². The zero-order chi connectivity index (χ0) is 25.8. The molecule has 2 aromatic carbocycles. The molecule has 0 saturated carbocycles. The molecule has 0 aromatic heterocycles. The summed E-state index contributed by atoms with van der Waals surface area (Å²) in [4.78, 5) is 12.9. The number of aliphatic hydroxyl groups is 1. The lowest BCUT2D eigenvalue weighted by molar-refractivity contribution is -0.165. The van der Waals surface area contributed by atoms with Crippen LogP contribution in [0.4, 0.5) is 0 Å². The number of carbonyl (C=O) groups excluding carboxylic acids is 1. The Morgan fingerprint density at radius 3 is 2.17 bits per heavy atom. The number of hydrogen-bond donors (Lipinski definition) is 1. The summed E-state index contributed by atoms with van der Waals surface area (Å²) in [5.41, 5.74) is 1.94. The summed E-state index contributed by atoms with van der Waals surface area (Å²) in [5.74, 6) is 1.83. The third-order valence-electron chi connectivity index (χ3n) is 6.99. The van der Waals surface area contributed by atoms with Gasteiger partial charge in [0.15, 0.2) is 29.1 Å². The molecule has 3 atom stereocenters. The van der Waals surface area contributed by atoms with Crippen molar-refractivity contribution in [3.05, 3.63) is 34.9 Å². The molecule has 0 bridgehead atoms. The van der Waals surface area contributed by atoms with E-state index in [-0.39, 0.29) is 19.5 Å². The van der Waals surface area contributed by atoms with Gasteiger partial charge in [0.1, 0.15) is 5.60 Å². The molecule has 0 amide bonds. The Labute approximate surface area is 209 Å². The fourth-order valence-electron chi connectivity index (χ4n) is 5.06. The maximum Gasteiger partial charge on any atom is 0.331 e. The van der Waals surface area contributed by atoms with Crippen molar-refractivity contribution >= 4 is 5.97 Å². The highest BCUT2D eigenvalue weighted by atomic mass is 16.7. The Hall–Kier alpha value is -3.59. The molecule has 3 unspecified atom stereocenters. The maximum atomic E-state index is 12.9. The molecule has 1 aliphatic carbocycles. The molecule has 36 heavy (non-hydrogen) atoms. The Bertz CT molecular complexity index is 1260. The van der Waals surface area contributed by atoms with Crippen LogP contribution in [0.15, 0.2) is 23.8 Å². The third kappa shape index (κ3) is 3.69. The lowest BCUT2D eigenvalue weighted by atomic mass is 9.73. The quantitative estimate of drug-likeness (QED) is 0.488. The van der Waals surface area contributed by atoms with Crippen LogP contribution < -0.4 is 28.4 Å². The summed E-state index contributed by atoms with van der Waals surface area (Å²) in [6.45, 7) is 7.27. The van der Waals surface area contributed by atoms with Gasteiger partial charge in [0.2, 0.25) is 25.1 Å². The van der Waals surface area contributed by atoms with Gasteiger partial charge in [0.25, 0.3) is 0 Å². The van der Waals surface area contributed by atoms with Gasteiger partial charge in [0.05, 0.1) is 14.2 Å². The largest absolute Gasteiger partial charge is 0.492 e. The van der Waals surface area contributed by atoms with Crippen LogP contribution in [0, 0.1) is 5.92 Å². The van der Waals surface area contributed by atoms with E-state index in [4.69, 9.17) is 33.2 Å². The number of hydrogen-bond acceptors (Lipinski definition) is 9. The van der Waals surface area contributed by atoms with Crippen molar-refractivity contribution in [2.45, 2.75) is 45.8 Å². The van der Waals surface area contributed by atoms with Gasteiger partial charge in [-0.05, 0) is 50.8 Å². The molecule has 0 saturated heterocycles. The smallest absolute Gasteiger partial charge is 0.331 e. The van der Waals surface area contributed by atoms with Gasteiger partial charge in [0, 0.05) is 22.8 Å². The molecule has 9 nitrogen and oxygen atoms in total. The SMILES string of the molecule is COc1c2c(cc3c1-c1c(cc4c(c1OC)OCO4)C(OC(=O)C=C(C)C)C(C)(O)C(C)C3)OCO2. The van der Waals surface area contributed by atoms with E-state index in [2.05, 4.69) is 0 Å². The molecule has 1 N–H and O–H groups in total. The van der Waals surface area contributed by atoms with Crippen molar-refractivity contribution < 1.29 is 43.1 Å². The van der Waals surface area contributed by atoms with Crippen LogP contribution in [0.1, 0.15) is 44.9 Å². The second-order valence-electron chi connectivity index (χ2n) is 9.66. The lowest BCUT2D eigenvalue weighted by Gasteiger charge is -2.40. The van der Waals surface area contributed by atoms with Crippen LogP contribution >= 0.6 is 0 Å². The summed E-state index contributed by atoms with van der Waals surface area (Å²) in [5, 5.41) is 11.9. The second-order valence-corrected chi connectivity index (χ2v) is 9.66. The van der Waals surface area contributed by atoms with E-state index in [1.165, 1.54) is 13.2 Å². The van der Waals surface area contributed by atoms with Crippen molar-refractivity contribution in [1.29, 1.82) is 0 Å². The van der Waals surface area contributed by atoms with Crippen LogP contribution in [0.25, 0.3) is 11.1 Å². The van der Waals surface area contributed by atoms with Gasteiger partial charge < -0.3 is 38.3 Å².